The zero-order chi connectivity index (χ0) is 20.9. The molecule has 1 unspecified atom stereocenters. The average molecular weight is 417 g/mol. The molecule has 154 valence electrons. The number of hydrogen-bond acceptors (Lipinski definition) is 6. The number of esters is 1. The zero-order valence-corrected chi connectivity index (χ0v) is 16.9. The third kappa shape index (κ3) is 5.80. The van der Waals surface area contributed by atoms with E-state index in [9.17, 15) is 18.0 Å². The predicted molar refractivity (Wildman–Crippen MR) is 107 cm³/mol. The Hall–Kier alpha value is -2.87. The van der Waals surface area contributed by atoms with Gasteiger partial charge in [-0.2, -0.15) is 0 Å². The first kappa shape index (κ1) is 20.9. The van der Waals surface area contributed by atoms with Crippen LogP contribution in [-0.2, 0) is 26.0 Å². The molecule has 1 saturated heterocycles. The van der Waals surface area contributed by atoms with Crippen molar-refractivity contribution in [3.8, 4) is 5.75 Å². The second kappa shape index (κ2) is 8.65. The van der Waals surface area contributed by atoms with Crippen LogP contribution in [0.15, 0.2) is 54.6 Å². The van der Waals surface area contributed by atoms with E-state index in [-0.39, 0.29) is 18.1 Å². The van der Waals surface area contributed by atoms with Gasteiger partial charge in [0.25, 0.3) is 5.91 Å². The molecule has 1 N–H and O–H groups in total. The minimum atomic E-state index is -3.15. The van der Waals surface area contributed by atoms with Crippen molar-refractivity contribution in [2.45, 2.75) is 25.5 Å². The smallest absolute Gasteiger partial charge is 0.339 e. The summed E-state index contributed by atoms with van der Waals surface area (Å²) >= 11 is 0. The van der Waals surface area contributed by atoms with Gasteiger partial charge in [0, 0.05) is 5.56 Å². The molecule has 1 amide bonds. The number of rotatable bonds is 7. The summed E-state index contributed by atoms with van der Waals surface area (Å²) < 4.78 is 34.1. The number of nitrogens with one attached hydrogen (secondary N) is 1. The summed E-state index contributed by atoms with van der Waals surface area (Å²) in [7, 11) is -3.15. The van der Waals surface area contributed by atoms with Gasteiger partial charge in [0.05, 0.1) is 22.6 Å². The van der Waals surface area contributed by atoms with Gasteiger partial charge >= 0.3 is 5.97 Å². The van der Waals surface area contributed by atoms with E-state index in [1.54, 1.807) is 31.2 Å². The number of sulfone groups is 1. The first-order valence-corrected chi connectivity index (χ1v) is 11.0. The van der Waals surface area contributed by atoms with Gasteiger partial charge in [-0.15, -0.1) is 0 Å². The van der Waals surface area contributed by atoms with Crippen LogP contribution in [0.5, 0.6) is 5.75 Å². The Morgan fingerprint density at radius 1 is 1.07 bits per heavy atom. The van der Waals surface area contributed by atoms with E-state index in [4.69, 9.17) is 9.47 Å². The van der Waals surface area contributed by atoms with Crippen LogP contribution in [0, 0.1) is 0 Å². The van der Waals surface area contributed by atoms with E-state index in [2.05, 4.69) is 5.32 Å². The first-order chi connectivity index (χ1) is 13.8. The van der Waals surface area contributed by atoms with Crippen molar-refractivity contribution >= 4 is 21.7 Å². The molecule has 2 aromatic rings. The Kier molecular flexibility index (Phi) is 6.22. The summed E-state index contributed by atoms with van der Waals surface area (Å²) in [6.45, 7) is 1.37. The van der Waals surface area contributed by atoms with Crippen molar-refractivity contribution in [3.05, 3.63) is 65.7 Å². The number of ether oxygens (including phenoxy) is 2. The lowest BCUT2D eigenvalue weighted by Crippen LogP contribution is -2.48. The topological polar surface area (TPSA) is 98.8 Å². The summed E-state index contributed by atoms with van der Waals surface area (Å²) in [6, 6.07) is 16.1. The Morgan fingerprint density at radius 2 is 1.76 bits per heavy atom. The molecule has 1 atom stereocenters. The van der Waals surface area contributed by atoms with Gasteiger partial charge < -0.3 is 14.8 Å². The van der Waals surface area contributed by atoms with Crippen LogP contribution in [0.2, 0.25) is 0 Å². The number of carbonyl (C=O) groups excluding carboxylic acids is 2. The lowest BCUT2D eigenvalue weighted by molar-refractivity contribution is -0.125. The minimum Gasteiger partial charge on any atom is -0.489 e. The average Bonchev–Trinajstić information content (AvgIpc) is 2.98. The number of para-hydroxylation sites is 1. The van der Waals surface area contributed by atoms with Crippen LogP contribution in [0.3, 0.4) is 0 Å². The normalized spacial score (nSPS) is 20.0. The molecule has 1 aliphatic rings. The van der Waals surface area contributed by atoms with Crippen molar-refractivity contribution in [1.29, 1.82) is 0 Å². The van der Waals surface area contributed by atoms with E-state index in [0.29, 0.717) is 23.3 Å². The van der Waals surface area contributed by atoms with Gasteiger partial charge in [-0.3, -0.25) is 4.79 Å². The predicted octanol–water partition coefficient (Wildman–Crippen LogP) is 2.12. The van der Waals surface area contributed by atoms with Crippen molar-refractivity contribution in [2.24, 2.45) is 0 Å². The second-order valence-electron chi connectivity index (χ2n) is 7.29. The molecule has 2 aromatic carbocycles. The van der Waals surface area contributed by atoms with Gasteiger partial charge in [-0.05, 0) is 31.5 Å². The standard InChI is InChI=1S/C21H23NO6S/c1-21(11-12-29(25,26)15-21)22-19(23)14-28-20(24)18-10-6-5-7-16(18)13-27-17-8-3-2-4-9-17/h2-10H,11-15H2,1H3,(H,22,23). The Bertz CT molecular complexity index is 989. The van der Waals surface area contributed by atoms with Crippen molar-refractivity contribution in [2.75, 3.05) is 18.1 Å². The van der Waals surface area contributed by atoms with E-state index < -0.39 is 33.9 Å². The maximum Gasteiger partial charge on any atom is 0.339 e. The van der Waals surface area contributed by atoms with E-state index in [0.717, 1.165) is 0 Å². The Balaban J connectivity index is 1.56. The van der Waals surface area contributed by atoms with E-state index >= 15 is 0 Å². The zero-order valence-electron chi connectivity index (χ0n) is 16.1. The molecule has 7 nitrogen and oxygen atoms in total. The number of carbonyl (C=O) groups is 2. The molecular formula is C21H23NO6S. The number of amides is 1. The molecule has 0 bridgehead atoms. The van der Waals surface area contributed by atoms with Crippen LogP contribution in [0.4, 0.5) is 0 Å². The number of benzene rings is 2. The molecule has 3 rings (SSSR count). The summed E-state index contributed by atoms with van der Waals surface area (Å²) in [5, 5.41) is 2.66. The lowest BCUT2D eigenvalue weighted by atomic mass is 10.0. The molecule has 29 heavy (non-hydrogen) atoms. The van der Waals surface area contributed by atoms with Crippen molar-refractivity contribution < 1.29 is 27.5 Å². The van der Waals surface area contributed by atoms with Crippen LogP contribution < -0.4 is 10.1 Å². The largest absolute Gasteiger partial charge is 0.489 e. The van der Waals surface area contributed by atoms with Gasteiger partial charge in [0.1, 0.15) is 12.4 Å². The SMILES string of the molecule is CC1(NC(=O)COC(=O)c2ccccc2COc2ccccc2)CCS(=O)(=O)C1. The fraction of sp³-hybridized carbons (Fsp3) is 0.333. The minimum absolute atomic E-state index is 0.0400. The lowest BCUT2D eigenvalue weighted by Gasteiger charge is -2.23. The maximum atomic E-state index is 12.4. The molecule has 1 aliphatic heterocycles. The molecule has 0 aromatic heterocycles. The molecule has 1 heterocycles. The van der Waals surface area contributed by atoms with Crippen LogP contribution >= 0.6 is 0 Å². The molecular weight excluding hydrogens is 394 g/mol. The first-order valence-electron chi connectivity index (χ1n) is 9.21. The molecule has 0 saturated carbocycles. The van der Waals surface area contributed by atoms with Crippen LogP contribution in [0.25, 0.3) is 0 Å². The molecule has 0 spiro atoms. The summed E-state index contributed by atoms with van der Waals surface area (Å²) in [6.07, 6.45) is 0.342. The molecule has 0 radical (unpaired) electrons. The highest BCUT2D eigenvalue weighted by Crippen LogP contribution is 2.22. The quantitative estimate of drug-likeness (QED) is 0.693. The van der Waals surface area contributed by atoms with Crippen LogP contribution in [0.1, 0.15) is 29.3 Å². The summed E-state index contributed by atoms with van der Waals surface area (Å²) in [4.78, 5) is 24.6. The highest BCUT2D eigenvalue weighted by molar-refractivity contribution is 7.91. The van der Waals surface area contributed by atoms with Gasteiger partial charge in [-0.1, -0.05) is 36.4 Å². The fourth-order valence-corrected chi connectivity index (χ4v) is 5.31. The molecule has 0 aliphatic carbocycles. The number of hydrogen-bond donors (Lipinski definition) is 1. The van der Waals surface area contributed by atoms with Gasteiger partial charge in [0.15, 0.2) is 16.4 Å². The Labute approximate surface area is 169 Å². The highest BCUT2D eigenvalue weighted by Gasteiger charge is 2.39. The van der Waals surface area contributed by atoms with Crippen LogP contribution in [-0.4, -0.2) is 43.9 Å². The second-order valence-corrected chi connectivity index (χ2v) is 9.47. The molecule has 8 heteroatoms. The van der Waals surface area contributed by atoms with E-state index in [1.807, 2.05) is 30.3 Å². The monoisotopic (exact) mass is 417 g/mol. The summed E-state index contributed by atoms with van der Waals surface area (Å²) in [5.41, 5.74) is 0.116. The molecule has 1 fully saturated rings. The third-order valence-corrected chi connectivity index (χ3v) is 6.56. The van der Waals surface area contributed by atoms with E-state index in [1.165, 1.54) is 0 Å². The van der Waals surface area contributed by atoms with Gasteiger partial charge in [-0.25, -0.2) is 13.2 Å². The summed E-state index contributed by atoms with van der Waals surface area (Å²) in [5.74, 6) is -0.570. The maximum absolute atomic E-state index is 12.4. The van der Waals surface area contributed by atoms with Gasteiger partial charge in [0.2, 0.25) is 0 Å². The van der Waals surface area contributed by atoms with Crippen molar-refractivity contribution in [1.82, 2.24) is 5.32 Å². The van der Waals surface area contributed by atoms with Crippen molar-refractivity contribution in [3.63, 3.8) is 0 Å². The fourth-order valence-electron chi connectivity index (χ4n) is 3.21. The third-order valence-electron chi connectivity index (χ3n) is 4.65. The Morgan fingerprint density at radius 3 is 2.45 bits per heavy atom. The highest BCUT2D eigenvalue weighted by atomic mass is 32.2.